The molecule has 1 aromatic heterocycles. The Morgan fingerprint density at radius 1 is 1.44 bits per heavy atom. The molecule has 0 radical (unpaired) electrons. The normalized spacial score (nSPS) is 17.0. The number of carboxylic acid groups (broad SMARTS) is 1. The highest BCUT2D eigenvalue weighted by atomic mass is 32.1. The van der Waals surface area contributed by atoms with E-state index in [0.29, 0.717) is 40.5 Å². The van der Waals surface area contributed by atoms with Gasteiger partial charge in [0.1, 0.15) is 0 Å². The number of aromatic carboxylic acids is 1. The Morgan fingerprint density at radius 2 is 2.26 bits per heavy atom. The lowest BCUT2D eigenvalue weighted by Crippen LogP contribution is -2.23. The minimum atomic E-state index is -1.03. The maximum Gasteiger partial charge on any atom is 0.336 e. The fraction of sp³-hybridized carbons (Fsp3) is 0.421. The van der Waals surface area contributed by atoms with E-state index in [4.69, 9.17) is 9.47 Å². The van der Waals surface area contributed by atoms with Gasteiger partial charge in [-0.05, 0) is 38.3 Å². The van der Waals surface area contributed by atoms with Gasteiger partial charge in [-0.25, -0.2) is 4.79 Å². The molecule has 0 saturated carbocycles. The van der Waals surface area contributed by atoms with Crippen LogP contribution in [0, 0.1) is 17.0 Å². The molecule has 8 heteroatoms. The van der Waals surface area contributed by atoms with Gasteiger partial charge < -0.3 is 14.6 Å². The molecule has 7 nitrogen and oxygen atoms in total. The Balaban J connectivity index is 1.83. The molecule has 1 aliphatic rings. The zero-order chi connectivity index (χ0) is 19.4. The summed E-state index contributed by atoms with van der Waals surface area (Å²) in [4.78, 5) is 23.8. The minimum absolute atomic E-state index is 0.00357. The lowest BCUT2D eigenvalue weighted by molar-refractivity contribution is -0.384. The topological polar surface area (TPSA) is 98.9 Å². The standard InChI is InChI=1S/C19H21NO6S/c1-12-15(19(21)22)11-16(27-12)14-6-4-5-13(18(14)20(23)24)8-10-26-17-7-2-3-9-25-17/h4-6,11,17H,2-3,7-10H2,1H3,(H,21,22). The molecule has 1 aliphatic heterocycles. The molecule has 3 rings (SSSR count). The van der Waals surface area contributed by atoms with Crippen LogP contribution in [-0.2, 0) is 15.9 Å². The first kappa shape index (κ1) is 19.5. The number of hydrogen-bond donors (Lipinski definition) is 1. The van der Waals surface area contributed by atoms with E-state index in [2.05, 4.69) is 0 Å². The average Bonchev–Trinajstić information content (AvgIpc) is 3.04. The molecule has 0 amide bonds. The number of thiophene rings is 1. The highest BCUT2D eigenvalue weighted by Gasteiger charge is 2.24. The average molecular weight is 391 g/mol. The molecule has 1 saturated heterocycles. The maximum absolute atomic E-state index is 11.7. The van der Waals surface area contributed by atoms with Crippen LogP contribution >= 0.6 is 11.3 Å². The lowest BCUT2D eigenvalue weighted by atomic mass is 10.0. The molecule has 0 spiro atoms. The van der Waals surface area contributed by atoms with E-state index in [-0.39, 0.29) is 17.5 Å². The van der Waals surface area contributed by atoms with Crippen LogP contribution < -0.4 is 0 Å². The molecule has 2 heterocycles. The van der Waals surface area contributed by atoms with Crippen molar-refractivity contribution in [1.29, 1.82) is 0 Å². The summed E-state index contributed by atoms with van der Waals surface area (Å²) in [5.74, 6) is -1.03. The Morgan fingerprint density at radius 3 is 2.89 bits per heavy atom. The van der Waals surface area contributed by atoms with Gasteiger partial charge in [-0.15, -0.1) is 11.3 Å². The fourth-order valence-corrected chi connectivity index (χ4v) is 4.22. The second-order valence-corrected chi connectivity index (χ2v) is 7.63. The van der Waals surface area contributed by atoms with Gasteiger partial charge in [0.25, 0.3) is 5.69 Å². The van der Waals surface area contributed by atoms with Crippen LogP contribution in [0.15, 0.2) is 24.3 Å². The van der Waals surface area contributed by atoms with Crippen LogP contribution in [0.5, 0.6) is 0 Å². The predicted molar refractivity (Wildman–Crippen MR) is 101 cm³/mol. The molecule has 1 atom stereocenters. The number of para-hydroxylation sites is 1. The van der Waals surface area contributed by atoms with Crippen LogP contribution in [0.3, 0.4) is 0 Å². The second-order valence-electron chi connectivity index (χ2n) is 6.37. The molecule has 2 aromatic rings. The van der Waals surface area contributed by atoms with Crippen molar-refractivity contribution in [3.8, 4) is 10.4 Å². The first-order chi connectivity index (χ1) is 13.0. The van der Waals surface area contributed by atoms with Crippen molar-refractivity contribution in [3.63, 3.8) is 0 Å². The van der Waals surface area contributed by atoms with Crippen LogP contribution in [-0.4, -0.2) is 35.5 Å². The van der Waals surface area contributed by atoms with E-state index in [1.54, 1.807) is 25.1 Å². The zero-order valence-corrected chi connectivity index (χ0v) is 15.8. The van der Waals surface area contributed by atoms with Gasteiger partial charge in [0, 0.05) is 28.3 Å². The third-order valence-corrected chi connectivity index (χ3v) is 5.61. The number of aryl methyl sites for hydroxylation is 1. The summed E-state index contributed by atoms with van der Waals surface area (Å²) in [5.41, 5.74) is 1.18. The maximum atomic E-state index is 11.7. The monoisotopic (exact) mass is 391 g/mol. The van der Waals surface area contributed by atoms with E-state index in [1.807, 2.05) is 0 Å². The summed E-state index contributed by atoms with van der Waals surface area (Å²) in [6.45, 7) is 2.72. The molecular weight excluding hydrogens is 370 g/mol. The van der Waals surface area contributed by atoms with Crippen molar-refractivity contribution in [2.45, 2.75) is 38.9 Å². The molecular formula is C19H21NO6S. The highest BCUT2D eigenvalue weighted by Crippen LogP contribution is 2.38. The minimum Gasteiger partial charge on any atom is -0.478 e. The summed E-state index contributed by atoms with van der Waals surface area (Å²) < 4.78 is 11.2. The van der Waals surface area contributed by atoms with Crippen molar-refractivity contribution < 1.29 is 24.3 Å². The van der Waals surface area contributed by atoms with E-state index in [9.17, 15) is 20.0 Å². The first-order valence-corrected chi connectivity index (χ1v) is 9.62. The van der Waals surface area contributed by atoms with Gasteiger partial charge in [-0.1, -0.05) is 12.1 Å². The van der Waals surface area contributed by atoms with Crippen molar-refractivity contribution in [2.24, 2.45) is 0 Å². The quantitative estimate of drug-likeness (QED) is 0.554. The molecule has 144 valence electrons. The molecule has 27 heavy (non-hydrogen) atoms. The summed E-state index contributed by atoms with van der Waals surface area (Å²) in [7, 11) is 0. The molecule has 1 fully saturated rings. The summed E-state index contributed by atoms with van der Waals surface area (Å²) in [6.07, 6.45) is 3.09. The smallest absolute Gasteiger partial charge is 0.336 e. The van der Waals surface area contributed by atoms with Crippen molar-refractivity contribution >= 4 is 23.0 Å². The van der Waals surface area contributed by atoms with Gasteiger partial charge in [0.2, 0.25) is 0 Å². The second kappa shape index (κ2) is 8.60. The molecule has 0 bridgehead atoms. The first-order valence-electron chi connectivity index (χ1n) is 8.81. The van der Waals surface area contributed by atoms with Gasteiger partial charge in [-0.2, -0.15) is 0 Å². The van der Waals surface area contributed by atoms with Gasteiger partial charge in [0.15, 0.2) is 6.29 Å². The number of rotatable bonds is 7. The molecule has 1 aromatic carbocycles. The van der Waals surface area contributed by atoms with Crippen LogP contribution in [0.4, 0.5) is 5.69 Å². The number of carboxylic acids is 1. The Kier molecular flexibility index (Phi) is 6.20. The predicted octanol–water partition coefficient (Wildman–Crippen LogP) is 4.42. The number of benzene rings is 1. The van der Waals surface area contributed by atoms with Crippen LogP contribution in [0.2, 0.25) is 0 Å². The molecule has 0 aliphatic carbocycles. The third kappa shape index (κ3) is 4.52. The Hall–Kier alpha value is -2.29. The van der Waals surface area contributed by atoms with Crippen LogP contribution in [0.1, 0.15) is 40.1 Å². The lowest BCUT2D eigenvalue weighted by Gasteiger charge is -2.22. The van der Waals surface area contributed by atoms with E-state index in [1.165, 1.54) is 17.4 Å². The van der Waals surface area contributed by atoms with Crippen molar-refractivity contribution in [2.75, 3.05) is 13.2 Å². The van der Waals surface area contributed by atoms with Crippen molar-refractivity contribution in [3.05, 3.63) is 50.4 Å². The third-order valence-electron chi connectivity index (χ3n) is 4.53. The molecule has 1 N–H and O–H groups in total. The van der Waals surface area contributed by atoms with Gasteiger partial charge in [-0.3, -0.25) is 10.1 Å². The van der Waals surface area contributed by atoms with E-state index in [0.717, 1.165) is 19.3 Å². The van der Waals surface area contributed by atoms with Gasteiger partial charge in [0.05, 0.1) is 22.7 Å². The Bertz CT molecular complexity index is 841. The highest BCUT2D eigenvalue weighted by molar-refractivity contribution is 7.15. The van der Waals surface area contributed by atoms with E-state index < -0.39 is 10.9 Å². The largest absolute Gasteiger partial charge is 0.478 e. The number of ether oxygens (including phenoxy) is 2. The summed E-state index contributed by atoms with van der Waals surface area (Å²) >= 11 is 1.25. The number of carbonyl (C=O) groups is 1. The fourth-order valence-electron chi connectivity index (χ4n) is 3.18. The number of nitrogens with zero attached hydrogens (tertiary/aromatic N) is 1. The number of nitro groups is 1. The summed E-state index contributed by atoms with van der Waals surface area (Å²) in [6, 6.07) is 6.63. The van der Waals surface area contributed by atoms with Gasteiger partial charge >= 0.3 is 5.97 Å². The number of nitro benzene ring substituents is 1. The molecule has 1 unspecified atom stereocenters. The zero-order valence-electron chi connectivity index (χ0n) is 15.0. The Labute approximate surface area is 160 Å². The number of hydrogen-bond acceptors (Lipinski definition) is 6. The SMILES string of the molecule is Cc1sc(-c2cccc(CCOC3CCCCO3)c2[N+](=O)[O-])cc1C(=O)O. The summed E-state index contributed by atoms with van der Waals surface area (Å²) in [5, 5.41) is 21.0. The van der Waals surface area contributed by atoms with Crippen LogP contribution in [0.25, 0.3) is 10.4 Å². The van der Waals surface area contributed by atoms with Crippen molar-refractivity contribution in [1.82, 2.24) is 0 Å². The van der Waals surface area contributed by atoms with E-state index >= 15 is 0 Å².